The third kappa shape index (κ3) is 2.25. The van der Waals surface area contributed by atoms with Crippen LogP contribution in [0.5, 0.6) is 0 Å². The molecule has 0 bridgehead atoms. The Morgan fingerprint density at radius 3 is 2.72 bits per heavy atom. The predicted octanol–water partition coefficient (Wildman–Crippen LogP) is 1.11. The Hall–Kier alpha value is -2.15. The number of nitro benzene ring substituents is 1. The number of nitrogens with two attached hydrogens (primary N) is 1. The third-order valence-corrected chi connectivity index (χ3v) is 3.01. The van der Waals surface area contributed by atoms with Crippen molar-refractivity contribution in [2.24, 2.45) is 5.84 Å². The summed E-state index contributed by atoms with van der Waals surface area (Å²) >= 11 is 0. The zero-order valence-corrected chi connectivity index (χ0v) is 9.92. The predicted molar refractivity (Wildman–Crippen MR) is 66.0 cm³/mol. The molecule has 96 valence electrons. The molecule has 1 aliphatic carbocycles. The van der Waals surface area contributed by atoms with Gasteiger partial charge in [-0.2, -0.15) is 0 Å². The van der Waals surface area contributed by atoms with Crippen LogP contribution in [0, 0.1) is 10.1 Å². The summed E-state index contributed by atoms with van der Waals surface area (Å²) in [5, 5.41) is 10.7. The van der Waals surface area contributed by atoms with Crippen molar-refractivity contribution in [1.29, 1.82) is 0 Å². The lowest BCUT2D eigenvalue weighted by Crippen LogP contribution is -2.30. The van der Waals surface area contributed by atoms with Gasteiger partial charge in [0, 0.05) is 25.2 Å². The lowest BCUT2D eigenvalue weighted by atomic mass is 10.1. The highest BCUT2D eigenvalue weighted by Crippen LogP contribution is 2.29. The van der Waals surface area contributed by atoms with Crippen molar-refractivity contribution in [3.8, 4) is 0 Å². The summed E-state index contributed by atoms with van der Waals surface area (Å²) in [6.07, 6.45) is 1.95. The van der Waals surface area contributed by atoms with E-state index >= 15 is 0 Å². The lowest BCUT2D eigenvalue weighted by molar-refractivity contribution is -0.384. The number of nitrogens with zero attached hydrogens (tertiary/aromatic N) is 2. The van der Waals surface area contributed by atoms with Crippen molar-refractivity contribution in [3.63, 3.8) is 0 Å². The van der Waals surface area contributed by atoms with Gasteiger partial charge in [0.15, 0.2) is 0 Å². The molecule has 0 radical (unpaired) electrons. The molecule has 2 rings (SSSR count). The van der Waals surface area contributed by atoms with Crippen LogP contribution in [-0.4, -0.2) is 28.8 Å². The number of nitrogens with one attached hydrogen (secondary N) is 1. The summed E-state index contributed by atoms with van der Waals surface area (Å²) in [6, 6.07) is 4.23. The summed E-state index contributed by atoms with van der Waals surface area (Å²) in [5.74, 6) is 5.06. The number of carbonyl (C=O) groups is 1. The van der Waals surface area contributed by atoms with E-state index in [0.717, 1.165) is 12.8 Å². The fourth-order valence-electron chi connectivity index (χ4n) is 1.77. The van der Waals surface area contributed by atoms with Crippen LogP contribution in [0.2, 0.25) is 0 Å². The van der Waals surface area contributed by atoms with Crippen LogP contribution >= 0.6 is 0 Å². The molecule has 18 heavy (non-hydrogen) atoms. The molecule has 1 aromatic rings. The van der Waals surface area contributed by atoms with Crippen LogP contribution in [0.1, 0.15) is 23.2 Å². The molecule has 3 N–H and O–H groups in total. The van der Waals surface area contributed by atoms with Crippen LogP contribution in [0.15, 0.2) is 18.2 Å². The number of non-ortho nitro benzene ring substituents is 1. The van der Waals surface area contributed by atoms with Crippen LogP contribution in [0.25, 0.3) is 0 Å². The molecule has 0 spiro atoms. The van der Waals surface area contributed by atoms with Crippen molar-refractivity contribution in [2.45, 2.75) is 18.9 Å². The van der Waals surface area contributed by atoms with E-state index in [0.29, 0.717) is 5.69 Å². The maximum atomic E-state index is 12.2. The van der Waals surface area contributed by atoms with E-state index in [1.807, 2.05) is 0 Å². The highest BCUT2D eigenvalue weighted by atomic mass is 16.6. The van der Waals surface area contributed by atoms with Crippen molar-refractivity contribution in [2.75, 3.05) is 12.5 Å². The normalized spacial score (nSPS) is 14.1. The Morgan fingerprint density at radius 2 is 2.22 bits per heavy atom. The van der Waals surface area contributed by atoms with Gasteiger partial charge in [-0.25, -0.2) is 0 Å². The average molecular weight is 250 g/mol. The zero-order valence-electron chi connectivity index (χ0n) is 9.92. The first-order valence-corrected chi connectivity index (χ1v) is 5.57. The van der Waals surface area contributed by atoms with Crippen molar-refractivity contribution < 1.29 is 9.72 Å². The molecule has 1 aliphatic rings. The highest BCUT2D eigenvalue weighted by Gasteiger charge is 2.31. The van der Waals surface area contributed by atoms with Gasteiger partial charge in [-0.05, 0) is 18.9 Å². The minimum absolute atomic E-state index is 0.124. The van der Waals surface area contributed by atoms with E-state index in [2.05, 4.69) is 5.43 Å². The van der Waals surface area contributed by atoms with Gasteiger partial charge in [-0.1, -0.05) is 0 Å². The summed E-state index contributed by atoms with van der Waals surface area (Å²) in [7, 11) is 1.69. The molecule has 0 heterocycles. The number of hydrogen-bond acceptors (Lipinski definition) is 5. The van der Waals surface area contributed by atoms with Gasteiger partial charge >= 0.3 is 0 Å². The number of anilines is 1. The fourth-order valence-corrected chi connectivity index (χ4v) is 1.77. The Morgan fingerprint density at radius 1 is 1.56 bits per heavy atom. The van der Waals surface area contributed by atoms with Gasteiger partial charge in [-0.15, -0.1) is 0 Å². The molecule has 0 aliphatic heterocycles. The first-order chi connectivity index (χ1) is 8.54. The molecule has 7 heteroatoms. The van der Waals surface area contributed by atoms with Crippen molar-refractivity contribution >= 4 is 17.3 Å². The fraction of sp³-hybridized carbons (Fsp3) is 0.364. The summed E-state index contributed by atoms with van der Waals surface area (Å²) in [6.45, 7) is 0. The molecule has 0 aromatic heterocycles. The topological polar surface area (TPSA) is 102 Å². The third-order valence-electron chi connectivity index (χ3n) is 3.01. The SMILES string of the molecule is CN(C(=O)c1cc([N+](=O)[O-])ccc1NN)C1CC1. The molecular weight excluding hydrogens is 236 g/mol. The monoisotopic (exact) mass is 250 g/mol. The Kier molecular flexibility index (Phi) is 3.15. The number of amides is 1. The van der Waals surface area contributed by atoms with Gasteiger partial charge in [-0.3, -0.25) is 20.8 Å². The first kappa shape index (κ1) is 12.3. The lowest BCUT2D eigenvalue weighted by Gasteiger charge is -2.18. The van der Waals surface area contributed by atoms with Gasteiger partial charge in [0.2, 0.25) is 0 Å². The zero-order chi connectivity index (χ0) is 13.3. The second-order valence-electron chi connectivity index (χ2n) is 4.28. The molecule has 1 saturated carbocycles. The maximum absolute atomic E-state index is 12.2. The average Bonchev–Trinajstić information content (AvgIpc) is 3.20. The largest absolute Gasteiger partial charge is 0.339 e. The van der Waals surface area contributed by atoms with E-state index in [9.17, 15) is 14.9 Å². The van der Waals surface area contributed by atoms with E-state index in [4.69, 9.17) is 5.84 Å². The molecule has 0 saturated heterocycles. The summed E-state index contributed by atoms with van der Waals surface area (Å²) < 4.78 is 0. The van der Waals surface area contributed by atoms with Gasteiger partial charge in [0.05, 0.1) is 16.2 Å². The molecule has 7 nitrogen and oxygen atoms in total. The van der Waals surface area contributed by atoms with E-state index in [-0.39, 0.29) is 23.2 Å². The minimum atomic E-state index is -0.534. The van der Waals surface area contributed by atoms with Crippen molar-refractivity contribution in [1.82, 2.24) is 4.90 Å². The Balaban J connectivity index is 2.36. The second kappa shape index (κ2) is 4.61. The molecule has 1 aromatic carbocycles. The standard InChI is InChI=1S/C11H14N4O3/c1-14(7-2-3-7)11(16)9-6-8(15(17)18)4-5-10(9)13-12/h4-7,13H,2-3,12H2,1H3. The van der Waals surface area contributed by atoms with Gasteiger partial charge < -0.3 is 10.3 Å². The van der Waals surface area contributed by atoms with Crippen molar-refractivity contribution in [3.05, 3.63) is 33.9 Å². The number of nitrogen functional groups attached to an aromatic ring is 1. The quantitative estimate of drug-likeness (QED) is 0.473. The minimum Gasteiger partial charge on any atom is -0.339 e. The molecule has 1 fully saturated rings. The first-order valence-electron chi connectivity index (χ1n) is 5.57. The van der Waals surface area contributed by atoms with E-state index in [1.165, 1.54) is 18.2 Å². The van der Waals surface area contributed by atoms with Crippen LogP contribution in [0.4, 0.5) is 11.4 Å². The number of rotatable bonds is 4. The van der Waals surface area contributed by atoms with Crippen LogP contribution in [0.3, 0.4) is 0 Å². The number of carbonyl (C=O) groups excluding carboxylic acids is 1. The van der Waals surface area contributed by atoms with E-state index < -0.39 is 4.92 Å². The Labute approximate surface area is 104 Å². The molecule has 0 atom stereocenters. The smallest absolute Gasteiger partial charge is 0.270 e. The number of hydrogen-bond donors (Lipinski definition) is 2. The highest BCUT2D eigenvalue weighted by molar-refractivity contribution is 6.00. The van der Waals surface area contributed by atoms with Crippen LogP contribution < -0.4 is 11.3 Å². The molecule has 1 amide bonds. The van der Waals surface area contributed by atoms with Crippen LogP contribution in [-0.2, 0) is 0 Å². The van der Waals surface area contributed by atoms with Gasteiger partial charge in [0.25, 0.3) is 11.6 Å². The van der Waals surface area contributed by atoms with E-state index in [1.54, 1.807) is 11.9 Å². The second-order valence-corrected chi connectivity index (χ2v) is 4.28. The number of benzene rings is 1. The Bertz CT molecular complexity index is 499. The molecule has 0 unspecified atom stereocenters. The summed E-state index contributed by atoms with van der Waals surface area (Å²) in [5.41, 5.74) is 2.87. The number of nitro groups is 1. The summed E-state index contributed by atoms with van der Waals surface area (Å²) in [4.78, 5) is 24.0. The maximum Gasteiger partial charge on any atom is 0.270 e. The number of hydrazine groups is 1. The van der Waals surface area contributed by atoms with Gasteiger partial charge in [0.1, 0.15) is 0 Å². The molecular formula is C11H14N4O3.